The van der Waals surface area contributed by atoms with Gasteiger partial charge in [-0.1, -0.05) is 24.3 Å². The summed E-state index contributed by atoms with van der Waals surface area (Å²) in [6, 6.07) is 13.5. The zero-order chi connectivity index (χ0) is 17.2. The molecule has 24 heavy (non-hydrogen) atoms. The van der Waals surface area contributed by atoms with Crippen LogP contribution in [-0.2, 0) is 6.54 Å². The van der Waals surface area contributed by atoms with Crippen molar-refractivity contribution in [2.24, 2.45) is 0 Å². The molecule has 0 aliphatic rings. The Morgan fingerprint density at radius 1 is 0.833 bits per heavy atom. The largest absolute Gasteiger partial charge is 0.493 e. The highest BCUT2D eigenvalue weighted by Gasteiger charge is 2.10. The first-order chi connectivity index (χ1) is 11.8. The third-order valence-electron chi connectivity index (χ3n) is 3.38. The average Bonchev–Trinajstić information content (AvgIpc) is 2.61. The molecule has 0 atom stereocenters. The summed E-state index contributed by atoms with van der Waals surface area (Å²) in [6.07, 6.45) is 0. The molecule has 0 saturated heterocycles. The molecule has 2 rings (SSSR count). The van der Waals surface area contributed by atoms with Crippen molar-refractivity contribution in [3.8, 4) is 23.0 Å². The van der Waals surface area contributed by atoms with E-state index < -0.39 is 0 Å². The van der Waals surface area contributed by atoms with Gasteiger partial charge < -0.3 is 24.3 Å². The molecule has 0 unspecified atom stereocenters. The maximum Gasteiger partial charge on any atom is 0.165 e. The monoisotopic (exact) mass is 331 g/mol. The zero-order valence-electron chi connectivity index (χ0n) is 14.5. The lowest BCUT2D eigenvalue weighted by Gasteiger charge is -2.16. The predicted molar refractivity (Wildman–Crippen MR) is 94.4 cm³/mol. The maximum absolute atomic E-state index is 5.90. The topological polar surface area (TPSA) is 49.0 Å². The van der Waals surface area contributed by atoms with Gasteiger partial charge in [-0.25, -0.2) is 0 Å². The Balaban J connectivity index is 1.95. The molecule has 0 aliphatic carbocycles. The van der Waals surface area contributed by atoms with Gasteiger partial charge in [-0.15, -0.1) is 0 Å². The lowest BCUT2D eigenvalue weighted by molar-refractivity contribution is 0.202. The van der Waals surface area contributed by atoms with Crippen molar-refractivity contribution in [1.82, 2.24) is 5.32 Å². The number of rotatable bonds is 10. The molecule has 2 aromatic rings. The summed E-state index contributed by atoms with van der Waals surface area (Å²) in [4.78, 5) is 0. The van der Waals surface area contributed by atoms with Crippen molar-refractivity contribution in [2.45, 2.75) is 13.5 Å². The number of methoxy groups -OCH3 is 1. The predicted octanol–water partition coefficient (Wildman–Crippen LogP) is 3.27. The number of benzene rings is 2. The minimum Gasteiger partial charge on any atom is -0.493 e. The summed E-state index contributed by atoms with van der Waals surface area (Å²) in [5, 5.41) is 3.13. The summed E-state index contributed by atoms with van der Waals surface area (Å²) in [5.74, 6) is 2.93. The Bertz CT molecular complexity index is 631. The second-order valence-corrected chi connectivity index (χ2v) is 5.06. The van der Waals surface area contributed by atoms with Gasteiger partial charge in [0.25, 0.3) is 0 Å². The van der Waals surface area contributed by atoms with Gasteiger partial charge in [0, 0.05) is 12.1 Å². The van der Waals surface area contributed by atoms with Crippen LogP contribution in [0.3, 0.4) is 0 Å². The summed E-state index contributed by atoms with van der Waals surface area (Å²) in [5.41, 5.74) is 1.05. The molecule has 1 N–H and O–H groups in total. The van der Waals surface area contributed by atoms with Gasteiger partial charge in [0.05, 0.1) is 13.7 Å². The average molecular weight is 331 g/mol. The lowest BCUT2D eigenvalue weighted by atomic mass is 10.2. The first-order valence-electron chi connectivity index (χ1n) is 8.08. The first kappa shape index (κ1) is 17.9. The molecule has 0 aromatic heterocycles. The third kappa shape index (κ3) is 4.80. The molecular weight excluding hydrogens is 306 g/mol. The zero-order valence-corrected chi connectivity index (χ0v) is 14.5. The Kier molecular flexibility index (Phi) is 7.23. The van der Waals surface area contributed by atoms with Crippen molar-refractivity contribution >= 4 is 0 Å². The van der Waals surface area contributed by atoms with Crippen LogP contribution in [0.1, 0.15) is 12.5 Å². The van der Waals surface area contributed by atoms with Crippen molar-refractivity contribution in [3.63, 3.8) is 0 Å². The summed E-state index contributed by atoms with van der Waals surface area (Å²) in [6.45, 7) is 4.09. The van der Waals surface area contributed by atoms with Crippen molar-refractivity contribution in [1.29, 1.82) is 0 Å². The van der Waals surface area contributed by atoms with Crippen molar-refractivity contribution in [3.05, 3.63) is 48.0 Å². The molecule has 0 heterocycles. The van der Waals surface area contributed by atoms with Crippen LogP contribution in [0.25, 0.3) is 0 Å². The molecule has 0 amide bonds. The molecule has 0 bridgehead atoms. The normalized spacial score (nSPS) is 10.3. The first-order valence-corrected chi connectivity index (χ1v) is 8.08. The van der Waals surface area contributed by atoms with Gasteiger partial charge >= 0.3 is 0 Å². The second kappa shape index (κ2) is 9.67. The molecule has 0 fully saturated rings. The van der Waals surface area contributed by atoms with E-state index in [4.69, 9.17) is 18.9 Å². The molecule has 5 heteroatoms. The fourth-order valence-corrected chi connectivity index (χ4v) is 2.36. The Morgan fingerprint density at radius 3 is 2.17 bits per heavy atom. The SMILES string of the molecule is CCOc1ccccc1OCCOc1c(CNC)cccc1OC. The summed E-state index contributed by atoms with van der Waals surface area (Å²) >= 11 is 0. The molecule has 2 aromatic carbocycles. The van der Waals surface area contributed by atoms with E-state index in [1.807, 2.05) is 56.4 Å². The van der Waals surface area contributed by atoms with Crippen LogP contribution in [0.5, 0.6) is 23.0 Å². The van der Waals surface area contributed by atoms with Gasteiger partial charge in [-0.3, -0.25) is 0 Å². The second-order valence-electron chi connectivity index (χ2n) is 5.06. The van der Waals surface area contributed by atoms with Crippen LogP contribution >= 0.6 is 0 Å². The molecule has 130 valence electrons. The Hall–Kier alpha value is -2.40. The number of hydrogen-bond donors (Lipinski definition) is 1. The molecule has 0 saturated carbocycles. The van der Waals surface area contributed by atoms with Gasteiger partial charge in [0.2, 0.25) is 0 Å². The van der Waals surface area contributed by atoms with Crippen LogP contribution in [-0.4, -0.2) is 34.0 Å². The number of nitrogens with one attached hydrogen (secondary N) is 1. The van der Waals surface area contributed by atoms with Crippen LogP contribution in [0.15, 0.2) is 42.5 Å². The molecule has 5 nitrogen and oxygen atoms in total. The van der Waals surface area contributed by atoms with Crippen molar-refractivity contribution < 1.29 is 18.9 Å². The minimum absolute atomic E-state index is 0.414. The van der Waals surface area contributed by atoms with E-state index in [1.54, 1.807) is 7.11 Å². The van der Waals surface area contributed by atoms with Gasteiger partial charge in [0.15, 0.2) is 23.0 Å². The third-order valence-corrected chi connectivity index (χ3v) is 3.38. The van der Waals surface area contributed by atoms with Crippen LogP contribution in [0.2, 0.25) is 0 Å². The fraction of sp³-hybridized carbons (Fsp3) is 0.368. The van der Waals surface area contributed by atoms with E-state index >= 15 is 0 Å². The highest BCUT2D eigenvalue weighted by molar-refractivity contribution is 5.46. The van der Waals surface area contributed by atoms with E-state index in [0.717, 1.165) is 28.6 Å². The van der Waals surface area contributed by atoms with Crippen LogP contribution in [0, 0.1) is 0 Å². The van der Waals surface area contributed by atoms with Crippen LogP contribution < -0.4 is 24.3 Å². The minimum atomic E-state index is 0.414. The smallest absolute Gasteiger partial charge is 0.165 e. The maximum atomic E-state index is 5.90. The highest BCUT2D eigenvalue weighted by Crippen LogP contribution is 2.31. The van der Waals surface area contributed by atoms with Crippen molar-refractivity contribution in [2.75, 3.05) is 34.0 Å². The molecule has 0 aliphatic heterocycles. The van der Waals surface area contributed by atoms with Gasteiger partial charge in [0.1, 0.15) is 13.2 Å². The lowest BCUT2D eigenvalue weighted by Crippen LogP contribution is -2.13. The number of para-hydroxylation sites is 3. The fourth-order valence-electron chi connectivity index (χ4n) is 2.36. The van der Waals surface area contributed by atoms with E-state index in [2.05, 4.69) is 5.32 Å². The number of ether oxygens (including phenoxy) is 4. The molecule has 0 radical (unpaired) electrons. The summed E-state index contributed by atoms with van der Waals surface area (Å²) < 4.78 is 22.6. The molecule has 0 spiro atoms. The quantitative estimate of drug-likeness (QED) is 0.677. The number of hydrogen-bond acceptors (Lipinski definition) is 5. The Labute approximate surface area is 143 Å². The standard InChI is InChI=1S/C19H25NO4/c1-4-22-16-9-5-6-10-17(16)23-12-13-24-19-15(14-20-2)8-7-11-18(19)21-3/h5-11,20H,4,12-14H2,1-3H3. The molecular formula is C19H25NO4. The van der Waals surface area contributed by atoms with Gasteiger partial charge in [-0.05, 0) is 32.2 Å². The van der Waals surface area contributed by atoms with E-state index in [9.17, 15) is 0 Å². The summed E-state index contributed by atoms with van der Waals surface area (Å²) in [7, 11) is 3.54. The Morgan fingerprint density at radius 2 is 1.50 bits per heavy atom. The van der Waals surface area contributed by atoms with E-state index in [0.29, 0.717) is 26.4 Å². The van der Waals surface area contributed by atoms with E-state index in [1.165, 1.54) is 0 Å². The highest BCUT2D eigenvalue weighted by atomic mass is 16.5. The van der Waals surface area contributed by atoms with E-state index in [-0.39, 0.29) is 0 Å². The van der Waals surface area contributed by atoms with Crippen LogP contribution in [0.4, 0.5) is 0 Å². The van der Waals surface area contributed by atoms with Gasteiger partial charge in [-0.2, -0.15) is 0 Å².